The number of allylic oxidation sites excluding steroid dienone is 8. The van der Waals surface area contributed by atoms with Gasteiger partial charge in [0.2, 0.25) is 0 Å². The summed E-state index contributed by atoms with van der Waals surface area (Å²) in [5.74, 6) is -1.47. The minimum atomic E-state index is -0.876. The molecule has 0 rings (SSSR count). The first kappa shape index (κ1) is 61.3. The number of carboxylic acids is 1. The van der Waals surface area contributed by atoms with Crippen LogP contribution in [0.5, 0.6) is 0 Å². The number of unbranched alkanes of at least 4 members (excludes halogenated alkanes) is 26. The van der Waals surface area contributed by atoms with Crippen molar-refractivity contribution < 1.29 is 38.2 Å². The zero-order valence-electron chi connectivity index (χ0n) is 42.5. The second-order valence-electron chi connectivity index (χ2n) is 19.1. The van der Waals surface area contributed by atoms with Crippen LogP contribution in [0.1, 0.15) is 239 Å². The van der Waals surface area contributed by atoms with Crippen molar-refractivity contribution >= 4 is 17.9 Å². The van der Waals surface area contributed by atoms with Gasteiger partial charge in [-0.1, -0.05) is 197 Å². The van der Waals surface area contributed by atoms with Crippen LogP contribution in [0.4, 0.5) is 0 Å². The molecule has 0 heterocycles. The second-order valence-corrected chi connectivity index (χ2v) is 19.1. The Kier molecular flexibility index (Phi) is 44.8. The molecule has 2 unspecified atom stereocenters. The topological polar surface area (TPSA) is 99.1 Å². The summed E-state index contributed by atoms with van der Waals surface area (Å²) in [4.78, 5) is 37.2. The number of likely N-dealkylation sites (N-methyl/N-ethyl adjacent to an activating group) is 1. The summed E-state index contributed by atoms with van der Waals surface area (Å²) in [5.41, 5.74) is 0. The summed E-state index contributed by atoms with van der Waals surface area (Å²) < 4.78 is 17.4. The quantitative estimate of drug-likeness (QED) is 0.0281. The van der Waals surface area contributed by atoms with Gasteiger partial charge in [0, 0.05) is 19.3 Å². The summed E-state index contributed by atoms with van der Waals surface area (Å²) in [6, 6.07) is -0.618. The van der Waals surface area contributed by atoms with Crippen molar-refractivity contribution in [1.29, 1.82) is 0 Å². The zero-order valence-corrected chi connectivity index (χ0v) is 42.5. The Bertz CT molecular complexity index is 1190. The van der Waals surface area contributed by atoms with E-state index in [4.69, 9.17) is 14.2 Å². The highest BCUT2D eigenvalue weighted by Gasteiger charge is 2.31. The van der Waals surface area contributed by atoms with E-state index in [1.54, 1.807) is 0 Å². The number of hydrogen-bond donors (Lipinski definition) is 1. The molecule has 8 heteroatoms. The van der Waals surface area contributed by atoms with Gasteiger partial charge in [-0.25, -0.2) is 4.79 Å². The van der Waals surface area contributed by atoms with Crippen LogP contribution in [-0.2, 0) is 28.6 Å². The molecular formula is C56H102NO7+. The molecule has 1 N–H and O–H groups in total. The van der Waals surface area contributed by atoms with E-state index in [9.17, 15) is 19.5 Å². The molecule has 64 heavy (non-hydrogen) atoms. The summed E-state index contributed by atoms with van der Waals surface area (Å²) >= 11 is 0. The molecule has 0 spiro atoms. The van der Waals surface area contributed by atoms with E-state index in [1.807, 2.05) is 21.1 Å². The number of esters is 2. The minimum Gasteiger partial charge on any atom is -0.477 e. The summed E-state index contributed by atoms with van der Waals surface area (Å²) in [6.45, 7) is 4.64. The summed E-state index contributed by atoms with van der Waals surface area (Å²) in [7, 11) is 5.54. The lowest BCUT2D eigenvalue weighted by Gasteiger charge is -2.31. The highest BCUT2D eigenvalue weighted by Crippen LogP contribution is 2.16. The predicted octanol–water partition coefficient (Wildman–Crippen LogP) is 15.5. The highest BCUT2D eigenvalue weighted by molar-refractivity contribution is 5.72. The van der Waals surface area contributed by atoms with Gasteiger partial charge in [0.15, 0.2) is 12.1 Å². The van der Waals surface area contributed by atoms with Gasteiger partial charge in [0.05, 0.1) is 34.4 Å². The van der Waals surface area contributed by atoms with Crippen molar-refractivity contribution in [2.75, 3.05) is 41.0 Å². The van der Waals surface area contributed by atoms with Crippen LogP contribution in [0.3, 0.4) is 0 Å². The van der Waals surface area contributed by atoms with E-state index in [2.05, 4.69) is 62.5 Å². The van der Waals surface area contributed by atoms with E-state index >= 15 is 0 Å². The van der Waals surface area contributed by atoms with Gasteiger partial charge in [0.1, 0.15) is 6.61 Å². The van der Waals surface area contributed by atoms with Crippen LogP contribution in [0.25, 0.3) is 0 Å². The van der Waals surface area contributed by atoms with Crippen molar-refractivity contribution in [3.8, 4) is 0 Å². The second kappa shape index (κ2) is 46.8. The lowest BCUT2D eigenvalue weighted by atomic mass is 10.0. The Morgan fingerprint density at radius 3 is 1.31 bits per heavy atom. The number of quaternary nitrogens is 1. The fourth-order valence-electron chi connectivity index (χ4n) is 7.87. The first-order valence-corrected chi connectivity index (χ1v) is 26.7. The maximum Gasteiger partial charge on any atom is 0.362 e. The van der Waals surface area contributed by atoms with Crippen LogP contribution in [0, 0.1) is 0 Å². The SMILES string of the molecule is CC/C=C\C/C=C\C/C=C\CCCCCCCCCC(=O)OC(COCCC(C(=O)O)[N+](C)(C)C)COC(=O)CCCCCCCCCCCCC/C=C\CCCCCCCCCC. The molecular weight excluding hydrogens is 799 g/mol. The van der Waals surface area contributed by atoms with Crippen LogP contribution in [-0.4, -0.2) is 80.6 Å². The number of aliphatic carboxylic acids is 1. The van der Waals surface area contributed by atoms with Gasteiger partial charge in [-0.2, -0.15) is 0 Å². The fourth-order valence-corrected chi connectivity index (χ4v) is 7.87. The first-order chi connectivity index (χ1) is 31.1. The lowest BCUT2D eigenvalue weighted by Crippen LogP contribution is -2.50. The number of nitrogens with zero attached hydrogens (tertiary/aromatic N) is 1. The van der Waals surface area contributed by atoms with Crippen LogP contribution in [0.2, 0.25) is 0 Å². The van der Waals surface area contributed by atoms with Gasteiger partial charge in [-0.3, -0.25) is 9.59 Å². The molecule has 372 valence electrons. The Labute approximate surface area is 395 Å². The van der Waals surface area contributed by atoms with Crippen molar-refractivity contribution in [2.24, 2.45) is 0 Å². The summed E-state index contributed by atoms with van der Waals surface area (Å²) in [6.07, 6.45) is 57.4. The molecule has 0 radical (unpaired) electrons. The molecule has 2 atom stereocenters. The fraction of sp³-hybridized carbons (Fsp3) is 0.804. The molecule has 0 aromatic rings. The molecule has 0 amide bonds. The Hall–Kier alpha value is -2.71. The number of hydrogen-bond acceptors (Lipinski definition) is 6. The van der Waals surface area contributed by atoms with Gasteiger partial charge in [0.25, 0.3) is 0 Å². The molecule has 0 aromatic carbocycles. The number of carbonyl (C=O) groups excluding carboxylic acids is 2. The first-order valence-electron chi connectivity index (χ1n) is 26.7. The minimum absolute atomic E-state index is 0.0547. The third-order valence-electron chi connectivity index (χ3n) is 12.0. The molecule has 0 saturated heterocycles. The van der Waals surface area contributed by atoms with Gasteiger partial charge >= 0.3 is 17.9 Å². The summed E-state index contributed by atoms with van der Waals surface area (Å²) in [5, 5.41) is 9.66. The number of rotatable bonds is 48. The molecule has 0 aliphatic heterocycles. The van der Waals surface area contributed by atoms with E-state index in [0.717, 1.165) is 64.2 Å². The zero-order chi connectivity index (χ0) is 47.0. The lowest BCUT2D eigenvalue weighted by molar-refractivity contribution is -0.887. The van der Waals surface area contributed by atoms with E-state index < -0.39 is 18.1 Å². The van der Waals surface area contributed by atoms with E-state index in [1.165, 1.54) is 141 Å². The Morgan fingerprint density at radius 1 is 0.484 bits per heavy atom. The third-order valence-corrected chi connectivity index (χ3v) is 12.0. The van der Waals surface area contributed by atoms with Gasteiger partial charge in [-0.05, 0) is 70.6 Å². The van der Waals surface area contributed by atoms with E-state index in [0.29, 0.717) is 19.3 Å². The van der Waals surface area contributed by atoms with Crippen molar-refractivity contribution in [3.05, 3.63) is 48.6 Å². The third kappa shape index (κ3) is 44.5. The van der Waals surface area contributed by atoms with Gasteiger partial charge in [-0.15, -0.1) is 0 Å². The van der Waals surface area contributed by atoms with Crippen molar-refractivity contribution in [3.63, 3.8) is 0 Å². The Morgan fingerprint density at radius 2 is 0.875 bits per heavy atom. The number of carboxylic acid groups (broad SMARTS) is 1. The molecule has 0 aliphatic rings. The van der Waals surface area contributed by atoms with Crippen LogP contribution in [0.15, 0.2) is 48.6 Å². The average Bonchev–Trinajstić information content (AvgIpc) is 3.26. The number of carbonyl (C=O) groups is 3. The normalized spacial score (nSPS) is 13.2. The molecule has 0 bridgehead atoms. The number of ether oxygens (including phenoxy) is 3. The monoisotopic (exact) mass is 901 g/mol. The molecule has 0 fully saturated rings. The predicted molar refractivity (Wildman–Crippen MR) is 271 cm³/mol. The smallest absolute Gasteiger partial charge is 0.362 e. The molecule has 0 aromatic heterocycles. The van der Waals surface area contributed by atoms with E-state index in [-0.39, 0.29) is 36.2 Å². The molecule has 0 saturated carbocycles. The van der Waals surface area contributed by atoms with Crippen molar-refractivity contribution in [2.45, 2.75) is 251 Å². The van der Waals surface area contributed by atoms with Crippen LogP contribution < -0.4 is 0 Å². The van der Waals surface area contributed by atoms with Crippen molar-refractivity contribution in [1.82, 2.24) is 0 Å². The highest BCUT2D eigenvalue weighted by atomic mass is 16.6. The van der Waals surface area contributed by atoms with Crippen LogP contribution >= 0.6 is 0 Å². The maximum atomic E-state index is 12.8. The average molecular weight is 901 g/mol. The molecule has 0 aliphatic carbocycles. The largest absolute Gasteiger partial charge is 0.477 e. The van der Waals surface area contributed by atoms with Gasteiger partial charge < -0.3 is 23.8 Å². The maximum absolute atomic E-state index is 12.8. The Balaban J connectivity index is 4.19. The molecule has 8 nitrogen and oxygen atoms in total. The standard InChI is InChI=1S/C56H101NO7/c1-6-8-10-12-14-16-18-20-22-24-25-26-27-28-29-31-32-34-36-38-40-42-44-46-54(58)63-51-52(50-62-49-48-53(56(60)61)57(3,4)5)64-55(59)47-45-43-41-39-37-35-33-30-23-21-19-17-15-13-11-9-7-2/h9,11,15,17,21,23-25,52-53H,6-8,10,12-14,16,18-20,22,26-51H2,1-5H3/p+1/b11-9-,17-15-,23-21-,25-24-.